The first-order valence-electron chi connectivity index (χ1n) is 7.18. The Kier molecular flexibility index (Phi) is 5.52. The molecule has 4 nitrogen and oxygen atoms in total. The minimum absolute atomic E-state index is 0.210. The molecule has 1 aromatic carbocycles. The lowest BCUT2D eigenvalue weighted by Crippen LogP contribution is -2.45. The Hall–Kier alpha value is -1.47. The molecule has 0 atom stereocenters. The van der Waals surface area contributed by atoms with Gasteiger partial charge in [-0.15, -0.1) is 0 Å². The largest absolute Gasteiger partial charge is 0.491 e. The fourth-order valence-electron chi connectivity index (χ4n) is 2.40. The van der Waals surface area contributed by atoms with E-state index in [2.05, 4.69) is 4.90 Å². The molecular weight excluding hydrogens is 297 g/mol. The van der Waals surface area contributed by atoms with E-state index in [1.54, 1.807) is 11.0 Å². The molecular formula is C15H21F3N2O2. The smallest absolute Gasteiger partial charge is 0.418 e. The third kappa shape index (κ3) is 4.27. The van der Waals surface area contributed by atoms with Gasteiger partial charge in [-0.2, -0.15) is 13.2 Å². The predicted octanol–water partition coefficient (Wildman–Crippen LogP) is 2.48. The van der Waals surface area contributed by atoms with E-state index in [-0.39, 0.29) is 18.0 Å². The van der Waals surface area contributed by atoms with Gasteiger partial charge in [-0.3, -0.25) is 0 Å². The first-order chi connectivity index (χ1) is 10.4. The second-order valence-electron chi connectivity index (χ2n) is 5.31. The van der Waals surface area contributed by atoms with Crippen molar-refractivity contribution < 1.29 is 22.6 Å². The molecule has 0 aliphatic carbocycles. The molecule has 0 N–H and O–H groups in total. The molecule has 1 aliphatic heterocycles. The minimum Gasteiger partial charge on any atom is -0.491 e. The molecule has 0 bridgehead atoms. The number of rotatable bonds is 5. The summed E-state index contributed by atoms with van der Waals surface area (Å²) in [5, 5.41) is 0. The summed E-state index contributed by atoms with van der Waals surface area (Å²) in [5.74, 6) is 0.210. The Labute approximate surface area is 128 Å². The highest BCUT2D eigenvalue weighted by molar-refractivity contribution is 5.58. The van der Waals surface area contributed by atoms with Crippen molar-refractivity contribution >= 4 is 5.69 Å². The van der Waals surface area contributed by atoms with Crippen LogP contribution >= 0.6 is 0 Å². The average molecular weight is 318 g/mol. The molecule has 1 aliphatic rings. The van der Waals surface area contributed by atoms with Crippen LogP contribution in [0.5, 0.6) is 5.75 Å². The van der Waals surface area contributed by atoms with Gasteiger partial charge in [0, 0.05) is 39.0 Å². The highest BCUT2D eigenvalue weighted by Gasteiger charge is 2.36. The molecule has 0 amide bonds. The molecule has 0 spiro atoms. The molecule has 22 heavy (non-hydrogen) atoms. The van der Waals surface area contributed by atoms with Crippen molar-refractivity contribution in [1.29, 1.82) is 0 Å². The lowest BCUT2D eigenvalue weighted by molar-refractivity contribution is -0.137. The summed E-state index contributed by atoms with van der Waals surface area (Å²) >= 11 is 0. The Bertz CT molecular complexity index is 486. The van der Waals surface area contributed by atoms with E-state index in [0.29, 0.717) is 19.7 Å². The SMILES string of the molecule is COCCOc1ccc(N2CCN(C)CC2)c(C(F)(F)F)c1. The number of anilines is 1. The summed E-state index contributed by atoms with van der Waals surface area (Å²) in [6, 6.07) is 4.15. The van der Waals surface area contributed by atoms with Gasteiger partial charge in [0.15, 0.2) is 0 Å². The van der Waals surface area contributed by atoms with Crippen molar-refractivity contribution in [2.45, 2.75) is 6.18 Å². The quantitative estimate of drug-likeness (QED) is 0.779. The topological polar surface area (TPSA) is 24.9 Å². The number of nitrogens with zero attached hydrogens (tertiary/aromatic N) is 2. The lowest BCUT2D eigenvalue weighted by atomic mass is 10.1. The van der Waals surface area contributed by atoms with Gasteiger partial charge in [-0.05, 0) is 25.2 Å². The monoisotopic (exact) mass is 318 g/mol. The van der Waals surface area contributed by atoms with Gasteiger partial charge >= 0.3 is 6.18 Å². The summed E-state index contributed by atoms with van der Waals surface area (Å²) in [4.78, 5) is 3.88. The second kappa shape index (κ2) is 7.19. The molecule has 0 radical (unpaired) electrons. The molecule has 1 fully saturated rings. The van der Waals surface area contributed by atoms with E-state index in [4.69, 9.17) is 9.47 Å². The molecule has 1 heterocycles. The first-order valence-corrected chi connectivity index (χ1v) is 7.18. The molecule has 1 aromatic rings. The zero-order valence-corrected chi connectivity index (χ0v) is 12.8. The van der Waals surface area contributed by atoms with Crippen LogP contribution in [-0.2, 0) is 10.9 Å². The van der Waals surface area contributed by atoms with Crippen molar-refractivity contribution in [2.24, 2.45) is 0 Å². The molecule has 0 unspecified atom stereocenters. The standard InChI is InChI=1S/C15H21F3N2O2/c1-19-5-7-20(8-6-19)14-4-3-12(22-10-9-21-2)11-13(14)15(16,17)18/h3-4,11H,5-10H2,1-2H3. The van der Waals surface area contributed by atoms with Gasteiger partial charge in [-0.25, -0.2) is 0 Å². The van der Waals surface area contributed by atoms with Crippen molar-refractivity contribution in [2.75, 3.05) is 58.5 Å². The maximum absolute atomic E-state index is 13.3. The second-order valence-corrected chi connectivity index (χ2v) is 5.31. The Morgan fingerprint density at radius 3 is 2.36 bits per heavy atom. The number of likely N-dealkylation sites (N-methyl/N-ethyl adjacent to an activating group) is 1. The Balaban J connectivity index is 2.21. The van der Waals surface area contributed by atoms with Gasteiger partial charge in [0.05, 0.1) is 12.2 Å². The van der Waals surface area contributed by atoms with Crippen LogP contribution in [0.3, 0.4) is 0 Å². The van der Waals surface area contributed by atoms with E-state index in [1.165, 1.54) is 13.2 Å². The van der Waals surface area contributed by atoms with E-state index in [1.807, 2.05) is 7.05 Å². The van der Waals surface area contributed by atoms with Gasteiger partial charge in [-0.1, -0.05) is 0 Å². The normalized spacial score (nSPS) is 16.9. The summed E-state index contributed by atoms with van der Waals surface area (Å²) in [6.45, 7) is 3.24. The number of alkyl halides is 3. The summed E-state index contributed by atoms with van der Waals surface area (Å²) < 4.78 is 50.1. The average Bonchev–Trinajstić information content (AvgIpc) is 2.47. The highest BCUT2D eigenvalue weighted by atomic mass is 19.4. The van der Waals surface area contributed by atoms with Crippen LogP contribution < -0.4 is 9.64 Å². The molecule has 2 rings (SSSR count). The summed E-state index contributed by atoms with van der Waals surface area (Å²) in [5.41, 5.74) is -0.424. The number of halogens is 3. The van der Waals surface area contributed by atoms with E-state index in [9.17, 15) is 13.2 Å². The van der Waals surface area contributed by atoms with Crippen LogP contribution in [0.4, 0.5) is 18.9 Å². The van der Waals surface area contributed by atoms with Crippen molar-refractivity contribution in [3.63, 3.8) is 0 Å². The van der Waals surface area contributed by atoms with E-state index in [0.717, 1.165) is 19.2 Å². The summed E-state index contributed by atoms with van der Waals surface area (Å²) in [7, 11) is 3.48. The van der Waals surface area contributed by atoms with Crippen molar-refractivity contribution in [3.05, 3.63) is 23.8 Å². The fourth-order valence-corrected chi connectivity index (χ4v) is 2.40. The van der Waals surface area contributed by atoms with Crippen LogP contribution in [0.25, 0.3) is 0 Å². The molecule has 0 saturated carbocycles. The number of piperazine rings is 1. The maximum Gasteiger partial charge on any atom is 0.418 e. The Morgan fingerprint density at radius 1 is 1.09 bits per heavy atom. The fraction of sp³-hybridized carbons (Fsp3) is 0.600. The molecule has 7 heteroatoms. The first kappa shape index (κ1) is 16.9. The van der Waals surface area contributed by atoms with Gasteiger partial charge < -0.3 is 19.3 Å². The summed E-state index contributed by atoms with van der Waals surface area (Å²) in [6.07, 6.45) is -4.40. The van der Waals surface area contributed by atoms with Gasteiger partial charge in [0.1, 0.15) is 12.4 Å². The molecule has 0 aromatic heterocycles. The van der Waals surface area contributed by atoms with Gasteiger partial charge in [0.25, 0.3) is 0 Å². The maximum atomic E-state index is 13.3. The number of hydrogen-bond donors (Lipinski definition) is 0. The van der Waals surface area contributed by atoms with Crippen LogP contribution in [0.1, 0.15) is 5.56 Å². The third-order valence-electron chi connectivity index (χ3n) is 3.67. The van der Waals surface area contributed by atoms with Crippen LogP contribution in [0.15, 0.2) is 18.2 Å². The molecule has 1 saturated heterocycles. The van der Waals surface area contributed by atoms with Crippen molar-refractivity contribution in [3.8, 4) is 5.75 Å². The lowest BCUT2D eigenvalue weighted by Gasteiger charge is -2.35. The number of benzene rings is 1. The minimum atomic E-state index is -4.40. The van der Waals surface area contributed by atoms with Crippen LogP contribution in [-0.4, -0.2) is 58.5 Å². The van der Waals surface area contributed by atoms with E-state index >= 15 is 0 Å². The zero-order valence-electron chi connectivity index (χ0n) is 12.8. The number of methoxy groups -OCH3 is 1. The van der Waals surface area contributed by atoms with Crippen LogP contribution in [0, 0.1) is 0 Å². The van der Waals surface area contributed by atoms with E-state index < -0.39 is 11.7 Å². The number of ether oxygens (including phenoxy) is 2. The predicted molar refractivity (Wildman–Crippen MR) is 78.5 cm³/mol. The third-order valence-corrected chi connectivity index (χ3v) is 3.67. The number of hydrogen-bond acceptors (Lipinski definition) is 4. The Morgan fingerprint density at radius 2 is 1.77 bits per heavy atom. The van der Waals surface area contributed by atoms with Crippen LogP contribution in [0.2, 0.25) is 0 Å². The molecule has 124 valence electrons. The van der Waals surface area contributed by atoms with Gasteiger partial charge in [0.2, 0.25) is 0 Å². The zero-order chi connectivity index (χ0) is 16.2. The highest BCUT2D eigenvalue weighted by Crippen LogP contribution is 2.39. The van der Waals surface area contributed by atoms with Crippen molar-refractivity contribution in [1.82, 2.24) is 4.90 Å².